The van der Waals surface area contributed by atoms with E-state index in [4.69, 9.17) is 9.47 Å². The first-order valence-electron chi connectivity index (χ1n) is 10.7. The van der Waals surface area contributed by atoms with Crippen LogP contribution < -0.4 is 0 Å². The molecule has 2 heterocycles. The van der Waals surface area contributed by atoms with Crippen molar-refractivity contribution < 1.29 is 13.9 Å². The molecule has 0 atom stereocenters. The number of aromatic amines is 1. The summed E-state index contributed by atoms with van der Waals surface area (Å²) in [5, 5.41) is 7.21. The summed E-state index contributed by atoms with van der Waals surface area (Å²) in [6.07, 6.45) is 3.55. The number of hydrogen-bond acceptors (Lipinski definition) is 4. The zero-order chi connectivity index (χ0) is 22.5. The number of halogens is 1. The van der Waals surface area contributed by atoms with Crippen LogP contribution in [0.2, 0.25) is 0 Å². The predicted molar refractivity (Wildman–Crippen MR) is 125 cm³/mol. The van der Waals surface area contributed by atoms with E-state index in [2.05, 4.69) is 15.2 Å². The van der Waals surface area contributed by atoms with Gasteiger partial charge in [0.05, 0.1) is 49.1 Å². The van der Waals surface area contributed by atoms with Crippen LogP contribution >= 0.6 is 0 Å². The van der Waals surface area contributed by atoms with Gasteiger partial charge in [0, 0.05) is 11.1 Å². The lowest BCUT2D eigenvalue weighted by atomic mass is 10.0. The van der Waals surface area contributed by atoms with Crippen molar-refractivity contribution in [1.82, 2.24) is 19.7 Å². The number of nitrogens with one attached hydrogen (secondary N) is 1. The number of fused-ring (bicyclic) bond motifs is 1. The molecule has 0 aliphatic carbocycles. The van der Waals surface area contributed by atoms with Gasteiger partial charge < -0.3 is 14.0 Å². The number of hydrogen-bond donors (Lipinski definition) is 1. The first-order chi connectivity index (χ1) is 16.3. The van der Waals surface area contributed by atoms with Crippen LogP contribution in [0.1, 0.15) is 5.56 Å². The minimum absolute atomic E-state index is 0.267. The number of benzene rings is 3. The van der Waals surface area contributed by atoms with Crippen LogP contribution in [0.15, 0.2) is 85.3 Å². The topological polar surface area (TPSA) is 65.0 Å². The van der Waals surface area contributed by atoms with E-state index in [-0.39, 0.29) is 5.82 Å². The van der Waals surface area contributed by atoms with Gasteiger partial charge in [-0.2, -0.15) is 5.10 Å². The number of H-pyrrole nitrogens is 1. The molecule has 6 nitrogen and oxygen atoms in total. The molecule has 7 heteroatoms. The number of rotatable bonds is 9. The predicted octanol–water partition coefficient (Wildman–Crippen LogP) is 5.42. The summed E-state index contributed by atoms with van der Waals surface area (Å²) < 4.78 is 26.7. The monoisotopic (exact) mass is 442 g/mol. The molecule has 1 N–H and O–H groups in total. The van der Waals surface area contributed by atoms with Gasteiger partial charge in [-0.3, -0.25) is 5.10 Å². The summed E-state index contributed by atoms with van der Waals surface area (Å²) in [5.74, 6) is -0.267. The van der Waals surface area contributed by atoms with E-state index in [1.54, 1.807) is 24.7 Å². The molecule has 0 saturated heterocycles. The Bertz CT molecular complexity index is 1330. The van der Waals surface area contributed by atoms with E-state index in [0.29, 0.717) is 26.6 Å². The molecule has 0 fully saturated rings. The molecule has 3 aromatic carbocycles. The molecule has 0 aliphatic heterocycles. The second-order valence-corrected chi connectivity index (χ2v) is 7.66. The Balaban J connectivity index is 1.22. The van der Waals surface area contributed by atoms with Gasteiger partial charge in [-0.1, -0.05) is 36.4 Å². The Kier molecular flexibility index (Phi) is 6.23. The fraction of sp³-hybridized carbons (Fsp3) is 0.154. The number of ether oxygens (including phenoxy) is 2. The highest BCUT2D eigenvalue weighted by atomic mass is 19.1. The first-order valence-corrected chi connectivity index (χ1v) is 10.7. The molecule has 0 unspecified atom stereocenters. The van der Waals surface area contributed by atoms with Crippen LogP contribution in [-0.2, 0) is 22.8 Å². The Hall–Kier alpha value is -3.81. The lowest BCUT2D eigenvalue weighted by molar-refractivity contribution is 0.0148. The van der Waals surface area contributed by atoms with Crippen LogP contribution in [-0.4, -0.2) is 33.0 Å². The van der Waals surface area contributed by atoms with E-state index in [1.165, 1.54) is 12.1 Å². The summed E-state index contributed by atoms with van der Waals surface area (Å²) in [4.78, 5) is 4.53. The Morgan fingerprint density at radius 3 is 2.52 bits per heavy atom. The highest BCUT2D eigenvalue weighted by Crippen LogP contribution is 2.31. The van der Waals surface area contributed by atoms with Crippen molar-refractivity contribution in [2.75, 3.05) is 13.2 Å². The normalized spacial score (nSPS) is 11.3. The van der Waals surface area contributed by atoms with Crippen molar-refractivity contribution in [1.29, 1.82) is 0 Å². The molecular formula is C26H23FN4O2. The Morgan fingerprint density at radius 1 is 0.879 bits per heavy atom. The fourth-order valence-electron chi connectivity index (χ4n) is 3.72. The van der Waals surface area contributed by atoms with Gasteiger partial charge >= 0.3 is 0 Å². The summed E-state index contributed by atoms with van der Waals surface area (Å²) in [6.45, 7) is 2.00. The van der Waals surface area contributed by atoms with Crippen LogP contribution in [0.25, 0.3) is 33.4 Å². The van der Waals surface area contributed by atoms with Gasteiger partial charge in [-0.05, 0) is 47.5 Å². The third-order valence-electron chi connectivity index (χ3n) is 5.42. The van der Waals surface area contributed by atoms with Gasteiger partial charge in [0.2, 0.25) is 0 Å². The third-order valence-corrected chi connectivity index (χ3v) is 5.42. The van der Waals surface area contributed by atoms with Gasteiger partial charge in [0.1, 0.15) is 12.5 Å². The molecule has 0 saturated carbocycles. The summed E-state index contributed by atoms with van der Waals surface area (Å²) in [5.41, 5.74) is 6.62. The van der Waals surface area contributed by atoms with Crippen molar-refractivity contribution in [3.63, 3.8) is 0 Å². The summed E-state index contributed by atoms with van der Waals surface area (Å²) in [6, 6.07) is 22.5. The van der Waals surface area contributed by atoms with Crippen LogP contribution in [0, 0.1) is 5.82 Å². The van der Waals surface area contributed by atoms with Gasteiger partial charge in [-0.25, -0.2) is 9.37 Å². The van der Waals surface area contributed by atoms with Gasteiger partial charge in [0.25, 0.3) is 0 Å². The number of aromatic nitrogens is 4. The minimum Gasteiger partial charge on any atom is -0.374 e. The second-order valence-electron chi connectivity index (χ2n) is 7.66. The smallest absolute Gasteiger partial charge is 0.124 e. The zero-order valence-electron chi connectivity index (χ0n) is 17.9. The van der Waals surface area contributed by atoms with Crippen molar-refractivity contribution in [3.8, 4) is 22.4 Å². The third kappa shape index (κ3) is 4.84. The molecule has 5 aromatic rings. The average Bonchev–Trinajstić information content (AvgIpc) is 3.49. The standard InChI is InChI=1S/C26H23FN4O2/c27-22-9-6-20(7-10-22)26-23(15-29-30-26)21-8-11-25-24(14-21)28-17-31(25)18-33-13-12-32-16-19-4-2-1-3-5-19/h1-11,14-15,17H,12-13,16,18H2,(H,29,30). The maximum atomic E-state index is 13.3. The molecule has 33 heavy (non-hydrogen) atoms. The maximum Gasteiger partial charge on any atom is 0.124 e. The van der Waals surface area contributed by atoms with Gasteiger partial charge in [-0.15, -0.1) is 0 Å². The lowest BCUT2D eigenvalue weighted by Crippen LogP contribution is -2.07. The quantitative estimate of drug-likeness (QED) is 0.310. The molecule has 0 amide bonds. The number of nitrogens with zero attached hydrogens (tertiary/aromatic N) is 3. The highest BCUT2D eigenvalue weighted by molar-refractivity contribution is 5.87. The van der Waals surface area contributed by atoms with Crippen molar-refractivity contribution in [2.45, 2.75) is 13.3 Å². The summed E-state index contributed by atoms with van der Waals surface area (Å²) in [7, 11) is 0. The molecule has 166 valence electrons. The van der Waals surface area contributed by atoms with Crippen LogP contribution in [0.4, 0.5) is 4.39 Å². The van der Waals surface area contributed by atoms with Crippen molar-refractivity contribution in [3.05, 3.63) is 96.7 Å². The Labute approximate surface area is 190 Å². The largest absolute Gasteiger partial charge is 0.374 e. The van der Waals surface area contributed by atoms with Crippen LogP contribution in [0.3, 0.4) is 0 Å². The average molecular weight is 442 g/mol. The SMILES string of the molecule is Fc1ccc(-c2[nH]ncc2-c2ccc3c(c2)ncn3COCCOCc2ccccc2)cc1. The minimum atomic E-state index is -0.267. The van der Waals surface area contributed by atoms with E-state index >= 15 is 0 Å². The first kappa shape index (κ1) is 21.1. The molecule has 0 spiro atoms. The molecule has 5 rings (SSSR count). The van der Waals surface area contributed by atoms with Crippen LogP contribution in [0.5, 0.6) is 0 Å². The lowest BCUT2D eigenvalue weighted by Gasteiger charge is -2.08. The van der Waals surface area contributed by atoms with Gasteiger partial charge in [0.15, 0.2) is 0 Å². The maximum absolute atomic E-state index is 13.3. The fourth-order valence-corrected chi connectivity index (χ4v) is 3.72. The summed E-state index contributed by atoms with van der Waals surface area (Å²) >= 11 is 0. The highest BCUT2D eigenvalue weighted by Gasteiger charge is 2.12. The Morgan fingerprint density at radius 2 is 1.67 bits per heavy atom. The molecular weight excluding hydrogens is 419 g/mol. The molecule has 0 aliphatic rings. The number of imidazole rings is 1. The van der Waals surface area contributed by atoms with E-state index in [1.807, 2.05) is 53.1 Å². The van der Waals surface area contributed by atoms with E-state index in [9.17, 15) is 4.39 Å². The molecule has 0 radical (unpaired) electrons. The van der Waals surface area contributed by atoms with Crippen molar-refractivity contribution in [2.24, 2.45) is 0 Å². The molecule has 0 bridgehead atoms. The second kappa shape index (κ2) is 9.77. The molecule has 2 aromatic heterocycles. The van der Waals surface area contributed by atoms with Crippen molar-refractivity contribution >= 4 is 11.0 Å². The zero-order valence-corrected chi connectivity index (χ0v) is 17.9. The van der Waals surface area contributed by atoms with E-state index < -0.39 is 0 Å². The van der Waals surface area contributed by atoms with E-state index in [0.717, 1.165) is 39.0 Å².